The number of rotatable bonds is 6. The SMILES string of the molecule is C=C(C)CCOCc1ccccc1CN. The van der Waals surface area contributed by atoms with Gasteiger partial charge in [-0.2, -0.15) is 0 Å². The van der Waals surface area contributed by atoms with Crippen molar-refractivity contribution in [3.63, 3.8) is 0 Å². The molecule has 0 radical (unpaired) electrons. The number of ether oxygens (including phenoxy) is 1. The molecule has 15 heavy (non-hydrogen) atoms. The van der Waals surface area contributed by atoms with Crippen LogP contribution in [0.4, 0.5) is 0 Å². The highest BCUT2D eigenvalue weighted by Gasteiger charge is 1.99. The summed E-state index contributed by atoms with van der Waals surface area (Å²) >= 11 is 0. The van der Waals surface area contributed by atoms with Crippen molar-refractivity contribution in [2.24, 2.45) is 5.73 Å². The molecule has 0 aromatic heterocycles. The summed E-state index contributed by atoms with van der Waals surface area (Å²) in [6, 6.07) is 8.11. The van der Waals surface area contributed by atoms with Gasteiger partial charge in [0.2, 0.25) is 0 Å². The minimum atomic E-state index is 0.569. The smallest absolute Gasteiger partial charge is 0.0720 e. The van der Waals surface area contributed by atoms with E-state index in [9.17, 15) is 0 Å². The van der Waals surface area contributed by atoms with Crippen molar-refractivity contribution in [2.75, 3.05) is 6.61 Å². The van der Waals surface area contributed by atoms with Gasteiger partial charge in [0.25, 0.3) is 0 Å². The van der Waals surface area contributed by atoms with E-state index in [0.29, 0.717) is 13.2 Å². The minimum absolute atomic E-state index is 0.569. The molecule has 1 aromatic rings. The van der Waals surface area contributed by atoms with Crippen molar-refractivity contribution in [3.8, 4) is 0 Å². The molecule has 2 heteroatoms. The highest BCUT2D eigenvalue weighted by atomic mass is 16.5. The molecule has 2 nitrogen and oxygen atoms in total. The fourth-order valence-corrected chi connectivity index (χ4v) is 1.33. The zero-order valence-corrected chi connectivity index (χ0v) is 9.33. The minimum Gasteiger partial charge on any atom is -0.376 e. The van der Waals surface area contributed by atoms with Crippen molar-refractivity contribution in [1.29, 1.82) is 0 Å². The quantitative estimate of drug-likeness (QED) is 0.572. The third-order valence-corrected chi connectivity index (χ3v) is 2.27. The van der Waals surface area contributed by atoms with Crippen LogP contribution >= 0.6 is 0 Å². The van der Waals surface area contributed by atoms with Gasteiger partial charge in [-0.15, -0.1) is 6.58 Å². The fraction of sp³-hybridized carbons (Fsp3) is 0.385. The zero-order valence-electron chi connectivity index (χ0n) is 9.33. The molecule has 1 rings (SSSR count). The Hall–Kier alpha value is -1.12. The Morgan fingerprint density at radius 2 is 2.00 bits per heavy atom. The van der Waals surface area contributed by atoms with Gasteiger partial charge in [0.1, 0.15) is 0 Å². The number of hydrogen-bond donors (Lipinski definition) is 1. The summed E-state index contributed by atoms with van der Waals surface area (Å²) < 4.78 is 5.56. The van der Waals surface area contributed by atoms with Gasteiger partial charge in [0.05, 0.1) is 13.2 Å². The highest BCUT2D eigenvalue weighted by molar-refractivity contribution is 5.26. The molecule has 1 aromatic carbocycles. The van der Waals surface area contributed by atoms with E-state index in [-0.39, 0.29) is 0 Å². The average Bonchev–Trinajstić information content (AvgIpc) is 2.24. The molecule has 0 aliphatic rings. The van der Waals surface area contributed by atoms with Gasteiger partial charge in [-0.05, 0) is 24.5 Å². The summed E-state index contributed by atoms with van der Waals surface area (Å²) in [6.45, 7) is 7.78. The molecular formula is C13H19NO. The first-order chi connectivity index (χ1) is 7.24. The van der Waals surface area contributed by atoms with Gasteiger partial charge in [0.15, 0.2) is 0 Å². The van der Waals surface area contributed by atoms with E-state index in [4.69, 9.17) is 10.5 Å². The summed E-state index contributed by atoms with van der Waals surface area (Å²) in [5.74, 6) is 0. The molecule has 0 aliphatic carbocycles. The van der Waals surface area contributed by atoms with E-state index in [1.165, 1.54) is 5.56 Å². The van der Waals surface area contributed by atoms with E-state index in [2.05, 4.69) is 12.6 Å². The van der Waals surface area contributed by atoms with E-state index in [0.717, 1.165) is 24.2 Å². The number of nitrogens with two attached hydrogens (primary N) is 1. The molecule has 0 atom stereocenters. The lowest BCUT2D eigenvalue weighted by molar-refractivity contribution is 0.123. The second kappa shape index (κ2) is 6.38. The predicted octanol–water partition coefficient (Wildman–Crippen LogP) is 2.63. The van der Waals surface area contributed by atoms with Gasteiger partial charge in [0, 0.05) is 6.54 Å². The van der Waals surface area contributed by atoms with E-state index in [1.807, 2.05) is 25.1 Å². The standard InChI is InChI=1S/C13H19NO/c1-11(2)7-8-15-10-13-6-4-3-5-12(13)9-14/h3-6H,1,7-10,14H2,2H3. The molecular weight excluding hydrogens is 186 g/mol. The topological polar surface area (TPSA) is 35.2 Å². The van der Waals surface area contributed by atoms with Crippen LogP contribution in [0, 0.1) is 0 Å². The Balaban J connectivity index is 2.39. The zero-order chi connectivity index (χ0) is 11.1. The van der Waals surface area contributed by atoms with E-state index in [1.54, 1.807) is 0 Å². The predicted molar refractivity (Wildman–Crippen MR) is 63.4 cm³/mol. The Bertz CT molecular complexity index is 320. The summed E-state index contributed by atoms with van der Waals surface area (Å²) in [5, 5.41) is 0. The van der Waals surface area contributed by atoms with E-state index >= 15 is 0 Å². The first kappa shape index (κ1) is 12.0. The third kappa shape index (κ3) is 4.28. The maximum absolute atomic E-state index is 5.63. The fourth-order valence-electron chi connectivity index (χ4n) is 1.33. The number of benzene rings is 1. The maximum atomic E-state index is 5.63. The molecule has 2 N–H and O–H groups in total. The molecule has 0 spiro atoms. The molecule has 0 unspecified atom stereocenters. The van der Waals surface area contributed by atoms with Crippen molar-refractivity contribution in [1.82, 2.24) is 0 Å². The normalized spacial score (nSPS) is 10.3. The molecule has 0 fully saturated rings. The summed E-state index contributed by atoms with van der Waals surface area (Å²) in [7, 11) is 0. The second-order valence-electron chi connectivity index (χ2n) is 3.73. The van der Waals surface area contributed by atoms with Gasteiger partial charge in [-0.1, -0.05) is 29.8 Å². The lowest BCUT2D eigenvalue weighted by atomic mass is 10.1. The van der Waals surface area contributed by atoms with Crippen LogP contribution in [0.1, 0.15) is 24.5 Å². The molecule has 0 amide bonds. The monoisotopic (exact) mass is 205 g/mol. The molecule has 82 valence electrons. The van der Waals surface area contributed by atoms with E-state index < -0.39 is 0 Å². The Morgan fingerprint density at radius 1 is 1.33 bits per heavy atom. The van der Waals surface area contributed by atoms with Crippen LogP contribution < -0.4 is 5.73 Å². The first-order valence-corrected chi connectivity index (χ1v) is 5.23. The second-order valence-corrected chi connectivity index (χ2v) is 3.73. The van der Waals surface area contributed by atoms with Crippen molar-refractivity contribution in [2.45, 2.75) is 26.5 Å². The molecule has 0 saturated carbocycles. The molecule has 0 aliphatic heterocycles. The van der Waals surface area contributed by atoms with Gasteiger partial charge >= 0.3 is 0 Å². The first-order valence-electron chi connectivity index (χ1n) is 5.23. The van der Waals surface area contributed by atoms with Gasteiger partial charge in [-0.25, -0.2) is 0 Å². The Kier molecular flexibility index (Phi) is 5.08. The van der Waals surface area contributed by atoms with Crippen LogP contribution in [-0.4, -0.2) is 6.61 Å². The van der Waals surface area contributed by atoms with Crippen LogP contribution in [0.2, 0.25) is 0 Å². The van der Waals surface area contributed by atoms with Crippen molar-refractivity contribution in [3.05, 3.63) is 47.5 Å². The molecule has 0 heterocycles. The van der Waals surface area contributed by atoms with Crippen LogP contribution in [0.3, 0.4) is 0 Å². The van der Waals surface area contributed by atoms with Crippen molar-refractivity contribution < 1.29 is 4.74 Å². The molecule has 0 saturated heterocycles. The lowest BCUT2D eigenvalue weighted by Crippen LogP contribution is -2.03. The third-order valence-electron chi connectivity index (χ3n) is 2.27. The lowest BCUT2D eigenvalue weighted by Gasteiger charge is -2.08. The van der Waals surface area contributed by atoms with Crippen molar-refractivity contribution >= 4 is 0 Å². The Morgan fingerprint density at radius 3 is 2.60 bits per heavy atom. The highest BCUT2D eigenvalue weighted by Crippen LogP contribution is 2.09. The Labute approximate surface area is 91.7 Å². The maximum Gasteiger partial charge on any atom is 0.0720 e. The number of hydrogen-bond acceptors (Lipinski definition) is 2. The van der Waals surface area contributed by atoms with Crippen LogP contribution in [0.15, 0.2) is 36.4 Å². The summed E-state index contributed by atoms with van der Waals surface area (Å²) in [5.41, 5.74) is 9.13. The largest absolute Gasteiger partial charge is 0.376 e. The van der Waals surface area contributed by atoms with Gasteiger partial charge in [-0.3, -0.25) is 0 Å². The average molecular weight is 205 g/mol. The van der Waals surface area contributed by atoms with Gasteiger partial charge < -0.3 is 10.5 Å². The van der Waals surface area contributed by atoms with Crippen LogP contribution in [0.5, 0.6) is 0 Å². The van der Waals surface area contributed by atoms with Crippen LogP contribution in [-0.2, 0) is 17.9 Å². The summed E-state index contributed by atoms with van der Waals surface area (Å²) in [6.07, 6.45) is 0.921. The van der Waals surface area contributed by atoms with Crippen LogP contribution in [0.25, 0.3) is 0 Å². The summed E-state index contributed by atoms with van der Waals surface area (Å²) in [4.78, 5) is 0. The molecule has 0 bridgehead atoms.